The molecule has 21 heavy (non-hydrogen) atoms. The van der Waals surface area contributed by atoms with Crippen molar-refractivity contribution in [3.8, 4) is 5.75 Å². The van der Waals surface area contributed by atoms with Crippen LogP contribution >= 0.6 is 11.6 Å². The molecule has 1 saturated heterocycles. The summed E-state index contributed by atoms with van der Waals surface area (Å²) < 4.78 is 17.0. The molecule has 1 heterocycles. The lowest BCUT2D eigenvalue weighted by Crippen LogP contribution is -2.51. The fraction of sp³-hybridized carbons (Fsp3) is 0.600. The molecule has 118 valence electrons. The Balaban J connectivity index is 2.42. The van der Waals surface area contributed by atoms with E-state index in [0.717, 1.165) is 24.2 Å². The lowest BCUT2D eigenvalue weighted by atomic mass is 9.82. The van der Waals surface area contributed by atoms with Gasteiger partial charge in [0, 0.05) is 43.2 Å². The molecule has 5 nitrogen and oxygen atoms in total. The van der Waals surface area contributed by atoms with Crippen LogP contribution in [0.15, 0.2) is 18.2 Å². The van der Waals surface area contributed by atoms with Crippen LogP contribution in [-0.2, 0) is 9.47 Å². The molecule has 0 saturated carbocycles. The number of hydrogen-bond acceptors (Lipinski definition) is 5. The SMILES string of the molecule is CCOC1(C(NN)c2cc(Cl)ccc2OC)CCOCC1. The van der Waals surface area contributed by atoms with Crippen molar-refractivity contribution in [2.45, 2.75) is 31.4 Å². The number of benzene rings is 1. The molecule has 0 amide bonds. The minimum atomic E-state index is -0.417. The van der Waals surface area contributed by atoms with E-state index in [-0.39, 0.29) is 6.04 Å². The van der Waals surface area contributed by atoms with Gasteiger partial charge >= 0.3 is 0 Å². The molecule has 1 aliphatic rings. The van der Waals surface area contributed by atoms with Crippen molar-refractivity contribution in [3.05, 3.63) is 28.8 Å². The van der Waals surface area contributed by atoms with Crippen LogP contribution in [0.4, 0.5) is 0 Å². The van der Waals surface area contributed by atoms with Crippen LogP contribution in [0.2, 0.25) is 5.02 Å². The van der Waals surface area contributed by atoms with Crippen molar-refractivity contribution in [2.24, 2.45) is 5.84 Å². The highest BCUT2D eigenvalue weighted by Gasteiger charge is 2.42. The van der Waals surface area contributed by atoms with Gasteiger partial charge < -0.3 is 14.2 Å². The minimum Gasteiger partial charge on any atom is -0.496 e. The molecule has 1 aromatic carbocycles. The molecule has 1 aliphatic heterocycles. The van der Waals surface area contributed by atoms with Gasteiger partial charge in [-0.05, 0) is 25.1 Å². The zero-order valence-corrected chi connectivity index (χ0v) is 13.3. The predicted molar refractivity (Wildman–Crippen MR) is 82.5 cm³/mol. The van der Waals surface area contributed by atoms with Gasteiger partial charge in [-0.1, -0.05) is 11.6 Å². The number of hydrogen-bond donors (Lipinski definition) is 2. The van der Waals surface area contributed by atoms with E-state index in [0.29, 0.717) is 24.8 Å². The molecule has 1 fully saturated rings. The third-order valence-electron chi connectivity index (χ3n) is 3.97. The van der Waals surface area contributed by atoms with Crippen molar-refractivity contribution in [1.29, 1.82) is 0 Å². The van der Waals surface area contributed by atoms with Crippen molar-refractivity contribution in [2.75, 3.05) is 26.9 Å². The summed E-state index contributed by atoms with van der Waals surface area (Å²) in [6.45, 7) is 3.91. The summed E-state index contributed by atoms with van der Waals surface area (Å²) in [5.74, 6) is 6.60. The van der Waals surface area contributed by atoms with Gasteiger partial charge in [0.1, 0.15) is 5.75 Å². The molecule has 1 unspecified atom stereocenters. The Morgan fingerprint density at radius 2 is 2.14 bits per heavy atom. The first-order chi connectivity index (χ1) is 10.2. The average Bonchev–Trinajstić information content (AvgIpc) is 2.49. The maximum atomic E-state index is 6.15. The summed E-state index contributed by atoms with van der Waals surface area (Å²) in [5.41, 5.74) is 3.38. The Kier molecular flexibility index (Phi) is 5.84. The van der Waals surface area contributed by atoms with Crippen LogP contribution in [0.5, 0.6) is 5.75 Å². The highest BCUT2D eigenvalue weighted by Crippen LogP contribution is 2.41. The predicted octanol–water partition coefficient (Wildman–Crippen LogP) is 2.44. The zero-order chi connectivity index (χ0) is 15.3. The van der Waals surface area contributed by atoms with E-state index >= 15 is 0 Å². The molecule has 6 heteroatoms. The van der Waals surface area contributed by atoms with Crippen LogP contribution < -0.4 is 16.0 Å². The lowest BCUT2D eigenvalue weighted by molar-refractivity contribution is -0.128. The number of nitrogens with one attached hydrogen (secondary N) is 1. The van der Waals surface area contributed by atoms with Gasteiger partial charge in [-0.25, -0.2) is 5.43 Å². The highest BCUT2D eigenvalue weighted by atomic mass is 35.5. The van der Waals surface area contributed by atoms with E-state index in [1.54, 1.807) is 13.2 Å². The first kappa shape index (κ1) is 16.5. The van der Waals surface area contributed by atoms with E-state index in [2.05, 4.69) is 5.43 Å². The van der Waals surface area contributed by atoms with E-state index in [1.807, 2.05) is 19.1 Å². The van der Waals surface area contributed by atoms with Gasteiger partial charge in [0.2, 0.25) is 0 Å². The Morgan fingerprint density at radius 3 is 2.71 bits per heavy atom. The quantitative estimate of drug-likeness (QED) is 0.623. The standard InChI is InChI=1S/C15H23ClN2O3/c1-3-21-15(6-8-20-9-7-15)14(18-17)12-10-11(16)4-5-13(12)19-2/h4-5,10,14,18H,3,6-9,17H2,1-2H3. The summed E-state index contributed by atoms with van der Waals surface area (Å²) in [5, 5.41) is 0.643. The van der Waals surface area contributed by atoms with Crippen LogP contribution in [0.3, 0.4) is 0 Å². The molecule has 2 rings (SSSR count). The zero-order valence-electron chi connectivity index (χ0n) is 12.5. The Morgan fingerprint density at radius 1 is 1.43 bits per heavy atom. The van der Waals surface area contributed by atoms with Gasteiger partial charge in [0.25, 0.3) is 0 Å². The first-order valence-corrected chi connectivity index (χ1v) is 7.56. The van der Waals surface area contributed by atoms with Gasteiger partial charge in [-0.2, -0.15) is 0 Å². The van der Waals surface area contributed by atoms with Crippen molar-refractivity contribution in [1.82, 2.24) is 5.43 Å². The molecule has 0 bridgehead atoms. The minimum absolute atomic E-state index is 0.213. The summed E-state index contributed by atoms with van der Waals surface area (Å²) >= 11 is 6.15. The third-order valence-corrected chi connectivity index (χ3v) is 4.20. The summed E-state index contributed by atoms with van der Waals surface area (Å²) in [6, 6.07) is 5.31. The number of ether oxygens (including phenoxy) is 3. The largest absolute Gasteiger partial charge is 0.496 e. The fourth-order valence-electron chi connectivity index (χ4n) is 2.98. The normalized spacial score (nSPS) is 19.2. The number of nitrogens with two attached hydrogens (primary N) is 1. The molecule has 0 aromatic heterocycles. The summed E-state index contributed by atoms with van der Waals surface area (Å²) in [6.07, 6.45) is 1.54. The van der Waals surface area contributed by atoms with Crippen LogP contribution in [0.1, 0.15) is 31.4 Å². The van der Waals surface area contributed by atoms with Crippen molar-refractivity contribution in [3.63, 3.8) is 0 Å². The maximum Gasteiger partial charge on any atom is 0.123 e. The van der Waals surface area contributed by atoms with Gasteiger partial charge in [0.15, 0.2) is 0 Å². The monoisotopic (exact) mass is 314 g/mol. The van der Waals surface area contributed by atoms with Crippen molar-refractivity contribution >= 4 is 11.6 Å². The van der Waals surface area contributed by atoms with E-state index in [4.69, 9.17) is 31.7 Å². The molecule has 0 aliphatic carbocycles. The molecule has 3 N–H and O–H groups in total. The Hall–Kier alpha value is -0.850. The van der Waals surface area contributed by atoms with Gasteiger partial charge in [-0.3, -0.25) is 5.84 Å². The summed E-state index contributed by atoms with van der Waals surface area (Å²) in [7, 11) is 1.64. The molecule has 0 spiro atoms. The molecule has 1 aromatic rings. The number of halogens is 1. The maximum absolute atomic E-state index is 6.15. The van der Waals surface area contributed by atoms with Gasteiger partial charge in [0.05, 0.1) is 18.8 Å². The molecular weight excluding hydrogens is 292 g/mol. The van der Waals surface area contributed by atoms with Gasteiger partial charge in [-0.15, -0.1) is 0 Å². The Bertz CT molecular complexity index is 459. The van der Waals surface area contributed by atoms with Crippen LogP contribution in [0, 0.1) is 0 Å². The van der Waals surface area contributed by atoms with Crippen molar-refractivity contribution < 1.29 is 14.2 Å². The average molecular weight is 315 g/mol. The van der Waals surface area contributed by atoms with E-state index in [9.17, 15) is 0 Å². The third kappa shape index (κ3) is 3.49. The smallest absolute Gasteiger partial charge is 0.123 e. The highest BCUT2D eigenvalue weighted by molar-refractivity contribution is 6.30. The molecule has 1 atom stereocenters. The van der Waals surface area contributed by atoms with E-state index < -0.39 is 5.60 Å². The second-order valence-electron chi connectivity index (χ2n) is 5.10. The lowest BCUT2D eigenvalue weighted by Gasteiger charge is -2.43. The number of hydrazine groups is 1. The van der Waals surface area contributed by atoms with Crippen LogP contribution in [-0.4, -0.2) is 32.5 Å². The number of methoxy groups -OCH3 is 1. The molecular formula is C15H23ClN2O3. The second kappa shape index (κ2) is 7.42. The molecule has 0 radical (unpaired) electrons. The fourth-order valence-corrected chi connectivity index (χ4v) is 3.16. The number of rotatable bonds is 6. The van der Waals surface area contributed by atoms with Crippen LogP contribution in [0.25, 0.3) is 0 Å². The Labute approximate surface area is 130 Å². The second-order valence-corrected chi connectivity index (χ2v) is 5.53. The van der Waals surface area contributed by atoms with E-state index in [1.165, 1.54) is 0 Å². The summed E-state index contributed by atoms with van der Waals surface area (Å²) in [4.78, 5) is 0. The topological polar surface area (TPSA) is 65.7 Å². The first-order valence-electron chi connectivity index (χ1n) is 7.18.